The molecule has 1 heterocycles. The van der Waals surface area contributed by atoms with Crippen LogP contribution in [0.4, 0.5) is 5.69 Å². The summed E-state index contributed by atoms with van der Waals surface area (Å²) in [5.74, 6) is 1.02. The van der Waals surface area contributed by atoms with Gasteiger partial charge in [0.15, 0.2) is 5.58 Å². The molecule has 2 N–H and O–H groups in total. The molecule has 0 unspecified atom stereocenters. The maximum absolute atomic E-state index is 6.04. The van der Waals surface area contributed by atoms with Crippen molar-refractivity contribution in [1.29, 1.82) is 0 Å². The number of methoxy groups -OCH3 is 1. The summed E-state index contributed by atoms with van der Waals surface area (Å²) >= 11 is 15.5. The molecule has 7 heteroatoms. The fourth-order valence-electron chi connectivity index (χ4n) is 1.96. The summed E-state index contributed by atoms with van der Waals surface area (Å²) in [5.41, 5.74) is 8.14. The third-order valence-corrected chi connectivity index (χ3v) is 4.10. The summed E-state index contributed by atoms with van der Waals surface area (Å²) in [6.07, 6.45) is 0. The maximum atomic E-state index is 6.04. The molecule has 0 aliphatic rings. The number of hydrogen-bond acceptors (Lipinski definition) is 4. The third-order valence-electron chi connectivity index (χ3n) is 2.98. The van der Waals surface area contributed by atoms with Gasteiger partial charge in [0, 0.05) is 11.1 Å². The highest BCUT2D eigenvalue weighted by molar-refractivity contribution is 9.10. The van der Waals surface area contributed by atoms with E-state index in [9.17, 15) is 0 Å². The normalized spacial score (nSPS) is 11.0. The smallest absolute Gasteiger partial charge is 0.229 e. The Bertz CT molecular complexity index is 849. The molecule has 0 saturated carbocycles. The molecule has 0 aliphatic heterocycles. The third kappa shape index (κ3) is 2.57. The lowest BCUT2D eigenvalue weighted by molar-refractivity contribution is 0.415. The van der Waals surface area contributed by atoms with Crippen molar-refractivity contribution in [3.8, 4) is 17.2 Å². The van der Waals surface area contributed by atoms with E-state index in [1.165, 1.54) is 0 Å². The summed E-state index contributed by atoms with van der Waals surface area (Å²) in [4.78, 5) is 4.42. The summed E-state index contributed by atoms with van der Waals surface area (Å²) in [7, 11) is 1.59. The molecule has 0 spiro atoms. The zero-order valence-corrected chi connectivity index (χ0v) is 13.9. The van der Waals surface area contributed by atoms with Gasteiger partial charge in [0.1, 0.15) is 11.3 Å². The van der Waals surface area contributed by atoms with Gasteiger partial charge in [0.2, 0.25) is 5.89 Å². The largest absolute Gasteiger partial charge is 0.497 e. The van der Waals surface area contributed by atoms with Crippen LogP contribution in [0.25, 0.3) is 22.6 Å². The fraction of sp³-hybridized carbons (Fsp3) is 0.0714. The second-order valence-corrected chi connectivity index (χ2v) is 6.02. The monoisotopic (exact) mass is 386 g/mol. The predicted molar refractivity (Wildman–Crippen MR) is 88.1 cm³/mol. The van der Waals surface area contributed by atoms with Gasteiger partial charge in [-0.2, -0.15) is 0 Å². The first-order valence-electron chi connectivity index (χ1n) is 5.88. The molecule has 0 fully saturated rings. The number of rotatable bonds is 2. The number of anilines is 1. The van der Waals surface area contributed by atoms with E-state index >= 15 is 0 Å². The first-order valence-corrected chi connectivity index (χ1v) is 7.43. The van der Waals surface area contributed by atoms with E-state index < -0.39 is 0 Å². The average Bonchev–Trinajstić information content (AvgIpc) is 2.87. The lowest BCUT2D eigenvalue weighted by Crippen LogP contribution is -1.91. The molecule has 3 rings (SSSR count). The molecular formula is C14H9BrCl2N2O2. The molecule has 1 aromatic heterocycles. The number of hydrogen-bond donors (Lipinski definition) is 1. The van der Waals surface area contributed by atoms with Gasteiger partial charge in [-0.05, 0) is 34.1 Å². The van der Waals surface area contributed by atoms with Crippen LogP contribution in [-0.2, 0) is 0 Å². The maximum Gasteiger partial charge on any atom is 0.229 e. The first-order chi connectivity index (χ1) is 9.99. The van der Waals surface area contributed by atoms with Gasteiger partial charge in [-0.3, -0.25) is 0 Å². The Kier molecular flexibility index (Phi) is 3.73. The Morgan fingerprint density at radius 1 is 1.24 bits per heavy atom. The van der Waals surface area contributed by atoms with Gasteiger partial charge in [-0.25, -0.2) is 4.98 Å². The van der Waals surface area contributed by atoms with Gasteiger partial charge in [0.05, 0.1) is 27.9 Å². The summed E-state index contributed by atoms with van der Waals surface area (Å²) in [6, 6.07) is 6.81. The van der Waals surface area contributed by atoms with Crippen molar-refractivity contribution in [3.05, 3.63) is 38.8 Å². The molecule has 0 aliphatic carbocycles. The van der Waals surface area contributed by atoms with Crippen molar-refractivity contribution in [2.75, 3.05) is 12.8 Å². The van der Waals surface area contributed by atoms with E-state index in [-0.39, 0.29) is 0 Å². The molecule has 0 radical (unpaired) electrons. The first kappa shape index (κ1) is 14.5. The van der Waals surface area contributed by atoms with E-state index in [1.54, 1.807) is 31.4 Å². The van der Waals surface area contributed by atoms with E-state index in [0.717, 1.165) is 4.47 Å². The molecule has 0 atom stereocenters. The molecule has 4 nitrogen and oxygen atoms in total. The zero-order valence-electron chi connectivity index (χ0n) is 10.8. The van der Waals surface area contributed by atoms with Crippen LogP contribution in [0.2, 0.25) is 10.0 Å². The molecule has 0 amide bonds. The topological polar surface area (TPSA) is 61.3 Å². The number of nitrogens with zero attached hydrogens (tertiary/aromatic N) is 1. The molecule has 0 saturated heterocycles. The number of oxazole rings is 1. The highest BCUT2D eigenvalue weighted by Crippen LogP contribution is 2.38. The Labute approximate surface area is 138 Å². The number of aromatic nitrogens is 1. The van der Waals surface area contributed by atoms with E-state index in [0.29, 0.717) is 44.0 Å². The van der Waals surface area contributed by atoms with Gasteiger partial charge in [-0.15, -0.1) is 0 Å². The van der Waals surface area contributed by atoms with Crippen LogP contribution in [0.1, 0.15) is 0 Å². The van der Waals surface area contributed by atoms with Crippen LogP contribution < -0.4 is 10.5 Å². The van der Waals surface area contributed by atoms with Crippen molar-refractivity contribution >= 4 is 55.9 Å². The van der Waals surface area contributed by atoms with Crippen LogP contribution >= 0.6 is 39.1 Å². The Balaban J connectivity index is 2.25. The van der Waals surface area contributed by atoms with Crippen LogP contribution in [-0.4, -0.2) is 12.1 Å². The molecule has 108 valence electrons. The second kappa shape index (κ2) is 5.40. The average molecular weight is 388 g/mol. The van der Waals surface area contributed by atoms with Crippen molar-refractivity contribution in [3.63, 3.8) is 0 Å². The van der Waals surface area contributed by atoms with Crippen LogP contribution in [0.15, 0.2) is 33.2 Å². The van der Waals surface area contributed by atoms with Crippen molar-refractivity contribution in [2.24, 2.45) is 0 Å². The molecular weight excluding hydrogens is 379 g/mol. The number of nitrogen functional groups attached to an aromatic ring is 1. The molecule has 21 heavy (non-hydrogen) atoms. The highest BCUT2D eigenvalue weighted by Gasteiger charge is 2.16. The summed E-state index contributed by atoms with van der Waals surface area (Å²) < 4.78 is 11.7. The second-order valence-electron chi connectivity index (χ2n) is 4.33. The molecule has 3 aromatic rings. The van der Waals surface area contributed by atoms with E-state index in [1.807, 2.05) is 0 Å². The minimum atomic E-state index is 0.348. The van der Waals surface area contributed by atoms with Gasteiger partial charge in [0.25, 0.3) is 0 Å². The lowest BCUT2D eigenvalue weighted by Gasteiger charge is -2.04. The minimum Gasteiger partial charge on any atom is -0.497 e. The Morgan fingerprint density at radius 2 is 2.00 bits per heavy atom. The minimum absolute atomic E-state index is 0.348. The number of halogens is 3. The fourth-order valence-corrected chi connectivity index (χ4v) is 2.97. The van der Waals surface area contributed by atoms with Gasteiger partial charge < -0.3 is 14.9 Å². The quantitative estimate of drug-likeness (QED) is 0.617. The Hall–Kier alpha value is -1.43. The molecule has 0 bridgehead atoms. The summed E-state index contributed by atoms with van der Waals surface area (Å²) in [6.45, 7) is 0. The van der Waals surface area contributed by atoms with Crippen LogP contribution in [0.3, 0.4) is 0 Å². The number of nitrogens with two attached hydrogens (primary N) is 1. The standard InChI is InChI=1S/C14H9BrCl2N2O2/c1-20-7-4-9(15)13-11(5-7)19-14(21-13)8-2-6(16)3-10(17)12(8)18/h2-5H,18H2,1H3. The summed E-state index contributed by atoms with van der Waals surface area (Å²) in [5, 5.41) is 0.819. The zero-order chi connectivity index (χ0) is 15.1. The highest BCUT2D eigenvalue weighted by atomic mass is 79.9. The SMILES string of the molecule is COc1cc(Br)c2oc(-c3cc(Cl)cc(Cl)c3N)nc2c1. The van der Waals surface area contributed by atoms with E-state index in [4.69, 9.17) is 38.1 Å². The number of ether oxygens (including phenoxy) is 1. The van der Waals surface area contributed by atoms with Crippen molar-refractivity contribution < 1.29 is 9.15 Å². The van der Waals surface area contributed by atoms with Gasteiger partial charge in [-0.1, -0.05) is 23.2 Å². The van der Waals surface area contributed by atoms with Crippen LogP contribution in [0.5, 0.6) is 5.75 Å². The van der Waals surface area contributed by atoms with E-state index in [2.05, 4.69) is 20.9 Å². The lowest BCUT2D eigenvalue weighted by atomic mass is 10.2. The number of fused-ring (bicyclic) bond motifs is 1. The molecule has 2 aromatic carbocycles. The predicted octanol–water partition coefficient (Wildman–Crippen LogP) is 5.15. The van der Waals surface area contributed by atoms with Gasteiger partial charge >= 0.3 is 0 Å². The van der Waals surface area contributed by atoms with Crippen molar-refractivity contribution in [2.45, 2.75) is 0 Å². The number of benzene rings is 2. The van der Waals surface area contributed by atoms with Crippen LogP contribution in [0, 0.1) is 0 Å². The van der Waals surface area contributed by atoms with Crippen molar-refractivity contribution in [1.82, 2.24) is 4.98 Å². The Morgan fingerprint density at radius 3 is 2.71 bits per heavy atom.